The fourth-order valence-electron chi connectivity index (χ4n) is 4.17. The molecule has 4 rings (SSSR count). The lowest BCUT2D eigenvalue weighted by Crippen LogP contribution is -2.42. The van der Waals surface area contributed by atoms with Crippen molar-refractivity contribution in [1.29, 1.82) is 5.26 Å². The average Bonchev–Trinajstić information content (AvgIpc) is 3.04. The van der Waals surface area contributed by atoms with Crippen molar-refractivity contribution in [2.24, 2.45) is 0 Å². The van der Waals surface area contributed by atoms with Crippen molar-refractivity contribution in [3.05, 3.63) is 64.7 Å². The van der Waals surface area contributed by atoms with Gasteiger partial charge in [0, 0.05) is 19.6 Å². The Kier molecular flexibility index (Phi) is 4.67. The van der Waals surface area contributed by atoms with Crippen LogP contribution in [0.3, 0.4) is 0 Å². The second-order valence-electron chi connectivity index (χ2n) is 7.09. The van der Waals surface area contributed by atoms with Crippen molar-refractivity contribution in [3.63, 3.8) is 0 Å². The number of benzene rings is 2. The van der Waals surface area contributed by atoms with E-state index in [1.165, 1.54) is 11.1 Å². The lowest BCUT2D eigenvalue weighted by atomic mass is 9.84. The lowest BCUT2D eigenvalue weighted by Gasteiger charge is -2.39. The smallest absolute Gasteiger partial charge is 0.137 e. The molecule has 2 aromatic carbocycles. The SMILES string of the molecule is CCOc1ccc(CN2CCC3(CC2)OCc2ccccc23)cc1C#N. The second kappa shape index (κ2) is 7.11. The Morgan fingerprint density at radius 3 is 2.77 bits per heavy atom. The third-order valence-electron chi connectivity index (χ3n) is 5.55. The topological polar surface area (TPSA) is 45.5 Å². The molecule has 1 saturated heterocycles. The summed E-state index contributed by atoms with van der Waals surface area (Å²) in [7, 11) is 0. The van der Waals surface area contributed by atoms with E-state index in [2.05, 4.69) is 41.3 Å². The van der Waals surface area contributed by atoms with Gasteiger partial charge >= 0.3 is 0 Å². The van der Waals surface area contributed by atoms with Gasteiger partial charge in [0.1, 0.15) is 11.8 Å². The predicted molar refractivity (Wildman–Crippen MR) is 99.7 cm³/mol. The van der Waals surface area contributed by atoms with E-state index in [1.807, 2.05) is 19.1 Å². The van der Waals surface area contributed by atoms with Crippen LogP contribution < -0.4 is 4.74 Å². The zero-order chi connectivity index (χ0) is 18.0. The maximum Gasteiger partial charge on any atom is 0.137 e. The Bertz CT molecular complexity index is 832. The van der Waals surface area contributed by atoms with Crippen LogP contribution in [0.4, 0.5) is 0 Å². The van der Waals surface area contributed by atoms with Crippen LogP contribution in [0.1, 0.15) is 42.0 Å². The number of hydrogen-bond acceptors (Lipinski definition) is 4. The van der Waals surface area contributed by atoms with Crippen molar-refractivity contribution >= 4 is 0 Å². The first-order valence-electron chi connectivity index (χ1n) is 9.34. The van der Waals surface area contributed by atoms with E-state index in [0.29, 0.717) is 17.9 Å². The Morgan fingerprint density at radius 1 is 1.19 bits per heavy atom. The molecule has 0 saturated carbocycles. The quantitative estimate of drug-likeness (QED) is 0.838. The van der Waals surface area contributed by atoms with Crippen LogP contribution in [0.2, 0.25) is 0 Å². The number of likely N-dealkylation sites (tertiary alicyclic amines) is 1. The number of hydrogen-bond donors (Lipinski definition) is 0. The number of nitriles is 1. The number of nitrogens with zero attached hydrogens (tertiary/aromatic N) is 2. The molecule has 1 fully saturated rings. The number of fused-ring (bicyclic) bond motifs is 2. The van der Waals surface area contributed by atoms with E-state index in [4.69, 9.17) is 9.47 Å². The maximum absolute atomic E-state index is 9.35. The fourth-order valence-corrected chi connectivity index (χ4v) is 4.17. The molecule has 0 N–H and O–H groups in total. The van der Waals surface area contributed by atoms with Crippen LogP contribution in [0, 0.1) is 11.3 Å². The number of rotatable bonds is 4. The van der Waals surface area contributed by atoms with Crippen LogP contribution in [0.15, 0.2) is 42.5 Å². The first kappa shape index (κ1) is 17.1. The highest BCUT2D eigenvalue weighted by Gasteiger charge is 2.42. The van der Waals surface area contributed by atoms with Gasteiger partial charge in [-0.15, -0.1) is 0 Å². The highest BCUT2D eigenvalue weighted by atomic mass is 16.5. The van der Waals surface area contributed by atoms with E-state index in [-0.39, 0.29) is 5.60 Å². The molecule has 4 heteroatoms. The Labute approximate surface area is 155 Å². The van der Waals surface area contributed by atoms with E-state index >= 15 is 0 Å². The third kappa shape index (κ3) is 3.09. The highest BCUT2D eigenvalue weighted by molar-refractivity contribution is 5.45. The molecule has 1 spiro atoms. The minimum atomic E-state index is -0.0935. The van der Waals surface area contributed by atoms with Gasteiger partial charge in [-0.3, -0.25) is 4.90 Å². The zero-order valence-electron chi connectivity index (χ0n) is 15.2. The monoisotopic (exact) mass is 348 g/mol. The molecule has 0 unspecified atom stereocenters. The van der Waals surface area contributed by atoms with Crippen LogP contribution >= 0.6 is 0 Å². The van der Waals surface area contributed by atoms with Gasteiger partial charge in [-0.05, 0) is 48.6 Å². The summed E-state index contributed by atoms with van der Waals surface area (Å²) < 4.78 is 11.8. The molecule has 2 aromatic rings. The van der Waals surface area contributed by atoms with Crippen molar-refractivity contribution in [2.75, 3.05) is 19.7 Å². The van der Waals surface area contributed by atoms with Gasteiger partial charge in [0.15, 0.2) is 0 Å². The summed E-state index contributed by atoms with van der Waals surface area (Å²) in [6.45, 7) is 6.11. The average molecular weight is 348 g/mol. The van der Waals surface area contributed by atoms with Gasteiger partial charge in [0.05, 0.1) is 24.4 Å². The minimum Gasteiger partial charge on any atom is -0.492 e. The molecule has 0 aromatic heterocycles. The lowest BCUT2D eigenvalue weighted by molar-refractivity contribution is -0.0799. The first-order chi connectivity index (χ1) is 12.7. The summed E-state index contributed by atoms with van der Waals surface area (Å²) >= 11 is 0. The largest absolute Gasteiger partial charge is 0.492 e. The van der Waals surface area contributed by atoms with Gasteiger partial charge in [-0.25, -0.2) is 0 Å². The van der Waals surface area contributed by atoms with Gasteiger partial charge < -0.3 is 9.47 Å². The predicted octanol–water partition coefficient (Wildman–Crippen LogP) is 3.98. The Hall–Kier alpha value is -2.35. The molecule has 0 radical (unpaired) electrons. The molecule has 0 bridgehead atoms. The molecule has 0 aliphatic carbocycles. The molecule has 0 atom stereocenters. The van der Waals surface area contributed by atoms with Crippen LogP contribution in [0.25, 0.3) is 0 Å². The summed E-state index contributed by atoms with van der Waals surface area (Å²) in [6, 6.07) is 16.8. The number of piperidine rings is 1. The molecule has 4 nitrogen and oxygen atoms in total. The standard InChI is InChI=1S/C22H24N2O2/c1-2-25-21-8-7-17(13-19(21)14-23)15-24-11-9-22(10-12-24)20-6-4-3-5-18(20)16-26-22/h3-8,13H,2,9-12,15-16H2,1H3. The molecule has 134 valence electrons. The normalized spacial score (nSPS) is 18.5. The molecule has 2 aliphatic rings. The summed E-state index contributed by atoms with van der Waals surface area (Å²) in [4.78, 5) is 2.45. The fraction of sp³-hybridized carbons (Fsp3) is 0.409. The van der Waals surface area contributed by atoms with Crippen molar-refractivity contribution in [2.45, 2.75) is 38.5 Å². The van der Waals surface area contributed by atoms with Crippen LogP contribution in [0.5, 0.6) is 5.75 Å². The molecular weight excluding hydrogens is 324 g/mol. The maximum atomic E-state index is 9.35. The molecule has 2 heterocycles. The number of ether oxygens (including phenoxy) is 2. The van der Waals surface area contributed by atoms with Crippen molar-refractivity contribution < 1.29 is 9.47 Å². The first-order valence-corrected chi connectivity index (χ1v) is 9.34. The third-order valence-corrected chi connectivity index (χ3v) is 5.55. The highest BCUT2D eigenvalue weighted by Crippen LogP contribution is 2.44. The molecule has 26 heavy (non-hydrogen) atoms. The Balaban J connectivity index is 1.43. The van der Waals surface area contributed by atoms with E-state index in [9.17, 15) is 5.26 Å². The van der Waals surface area contributed by atoms with Crippen molar-refractivity contribution in [3.8, 4) is 11.8 Å². The molecule has 0 amide bonds. The van der Waals surface area contributed by atoms with Crippen LogP contribution in [-0.2, 0) is 23.5 Å². The second-order valence-corrected chi connectivity index (χ2v) is 7.09. The van der Waals surface area contributed by atoms with Crippen LogP contribution in [-0.4, -0.2) is 24.6 Å². The summed E-state index contributed by atoms with van der Waals surface area (Å²) in [6.07, 6.45) is 2.04. The van der Waals surface area contributed by atoms with E-state index < -0.39 is 0 Å². The van der Waals surface area contributed by atoms with Gasteiger partial charge in [0.25, 0.3) is 0 Å². The molecular formula is C22H24N2O2. The van der Waals surface area contributed by atoms with E-state index in [0.717, 1.165) is 44.6 Å². The summed E-state index contributed by atoms with van der Waals surface area (Å²) in [5, 5.41) is 9.35. The van der Waals surface area contributed by atoms with E-state index in [1.54, 1.807) is 0 Å². The molecule has 2 aliphatic heterocycles. The van der Waals surface area contributed by atoms with Gasteiger partial charge in [-0.1, -0.05) is 30.3 Å². The summed E-state index contributed by atoms with van der Waals surface area (Å²) in [5.74, 6) is 0.673. The van der Waals surface area contributed by atoms with Gasteiger partial charge in [0.2, 0.25) is 0 Å². The summed E-state index contributed by atoms with van der Waals surface area (Å²) in [5.41, 5.74) is 4.40. The van der Waals surface area contributed by atoms with Gasteiger partial charge in [-0.2, -0.15) is 5.26 Å². The zero-order valence-corrected chi connectivity index (χ0v) is 15.2. The minimum absolute atomic E-state index is 0.0935. The Morgan fingerprint density at radius 2 is 2.00 bits per heavy atom. The van der Waals surface area contributed by atoms with Crippen molar-refractivity contribution in [1.82, 2.24) is 4.90 Å².